The van der Waals surface area contributed by atoms with E-state index >= 15 is 0 Å². The lowest BCUT2D eigenvalue weighted by molar-refractivity contribution is -0.116. The molecule has 0 aromatic heterocycles. The summed E-state index contributed by atoms with van der Waals surface area (Å²) < 4.78 is 27.2. The van der Waals surface area contributed by atoms with Crippen molar-refractivity contribution in [3.05, 3.63) is 23.8 Å². The smallest absolute Gasteiger partial charge is 0.240 e. The molecule has 0 spiro atoms. The fraction of sp³-hybridized carbons (Fsp3) is 0.462. The first-order chi connectivity index (χ1) is 9.47. The maximum Gasteiger partial charge on any atom is 0.240 e. The van der Waals surface area contributed by atoms with E-state index < -0.39 is 10.0 Å². The lowest BCUT2D eigenvalue weighted by Crippen LogP contribution is -2.56. The molecule has 0 bridgehead atoms. The molecule has 1 amide bonds. The zero-order valence-corrected chi connectivity index (χ0v) is 12.0. The molecule has 0 atom stereocenters. The van der Waals surface area contributed by atoms with Crippen LogP contribution >= 0.6 is 0 Å². The zero-order valence-electron chi connectivity index (χ0n) is 11.2. The van der Waals surface area contributed by atoms with Crippen LogP contribution in [0.4, 0.5) is 5.69 Å². The van der Waals surface area contributed by atoms with E-state index in [4.69, 9.17) is 0 Å². The molecule has 108 valence electrons. The van der Waals surface area contributed by atoms with Crippen LogP contribution in [0.15, 0.2) is 23.1 Å². The Kier molecular flexibility index (Phi) is 3.27. The largest absolute Gasteiger partial charge is 0.313 e. The molecule has 6 nitrogen and oxygen atoms in total. The molecule has 0 saturated carbocycles. The normalized spacial score (nSPS) is 18.8. The quantitative estimate of drug-likeness (QED) is 0.812. The molecule has 2 heterocycles. The van der Waals surface area contributed by atoms with Crippen molar-refractivity contribution >= 4 is 21.6 Å². The number of hydrogen-bond donors (Lipinski definition) is 2. The summed E-state index contributed by atoms with van der Waals surface area (Å²) in [5.41, 5.74) is 1.73. The highest BCUT2D eigenvalue weighted by Gasteiger charge is 2.27. The van der Waals surface area contributed by atoms with Crippen LogP contribution in [0.1, 0.15) is 12.5 Å². The summed E-state index contributed by atoms with van der Waals surface area (Å²) >= 11 is 0. The maximum atomic E-state index is 12.3. The number of rotatable bonds is 3. The van der Waals surface area contributed by atoms with Crippen molar-refractivity contribution < 1.29 is 13.2 Å². The Morgan fingerprint density at radius 1 is 1.40 bits per heavy atom. The summed E-state index contributed by atoms with van der Waals surface area (Å²) in [7, 11) is -3.52. The van der Waals surface area contributed by atoms with Gasteiger partial charge in [0.15, 0.2) is 0 Å². The van der Waals surface area contributed by atoms with Gasteiger partial charge in [-0.2, -0.15) is 0 Å². The van der Waals surface area contributed by atoms with Crippen molar-refractivity contribution in [2.45, 2.75) is 24.3 Å². The van der Waals surface area contributed by atoms with Crippen molar-refractivity contribution in [2.75, 3.05) is 24.5 Å². The number of sulfonamides is 1. The van der Waals surface area contributed by atoms with Gasteiger partial charge < -0.3 is 10.2 Å². The van der Waals surface area contributed by atoms with Gasteiger partial charge in [-0.3, -0.25) is 4.79 Å². The van der Waals surface area contributed by atoms with Gasteiger partial charge in [0.2, 0.25) is 15.9 Å². The van der Waals surface area contributed by atoms with Gasteiger partial charge in [0, 0.05) is 38.3 Å². The number of amides is 1. The van der Waals surface area contributed by atoms with Gasteiger partial charge in [-0.1, -0.05) is 6.07 Å². The van der Waals surface area contributed by atoms with Gasteiger partial charge in [0.1, 0.15) is 0 Å². The second-order valence-corrected chi connectivity index (χ2v) is 6.90. The Morgan fingerprint density at radius 3 is 2.75 bits per heavy atom. The number of carbonyl (C=O) groups excluding carboxylic acids is 1. The summed E-state index contributed by atoms with van der Waals surface area (Å²) in [5, 5.41) is 3.02. The van der Waals surface area contributed by atoms with Gasteiger partial charge in [-0.25, -0.2) is 13.1 Å². The minimum atomic E-state index is -3.52. The Hall–Kier alpha value is -1.44. The molecule has 1 fully saturated rings. The molecule has 1 aromatic carbocycles. The average Bonchev–Trinajstić information content (AvgIpc) is 2.77. The highest BCUT2D eigenvalue weighted by molar-refractivity contribution is 7.89. The van der Waals surface area contributed by atoms with E-state index in [-0.39, 0.29) is 16.8 Å². The summed E-state index contributed by atoms with van der Waals surface area (Å²) in [6, 6.07) is 4.96. The lowest BCUT2D eigenvalue weighted by atomic mass is 10.2. The van der Waals surface area contributed by atoms with Crippen LogP contribution in [0.3, 0.4) is 0 Å². The molecule has 0 aliphatic carbocycles. The molecular formula is C13H17N3O3S. The third kappa shape index (κ3) is 2.32. The van der Waals surface area contributed by atoms with Crippen molar-refractivity contribution in [1.82, 2.24) is 10.0 Å². The minimum Gasteiger partial charge on any atom is -0.313 e. The van der Waals surface area contributed by atoms with Crippen molar-refractivity contribution in [3.63, 3.8) is 0 Å². The van der Waals surface area contributed by atoms with Crippen molar-refractivity contribution in [2.24, 2.45) is 0 Å². The Morgan fingerprint density at radius 2 is 2.15 bits per heavy atom. The summed E-state index contributed by atoms with van der Waals surface area (Å²) in [6.45, 7) is 3.43. The number of nitrogens with zero attached hydrogens (tertiary/aromatic N) is 1. The average molecular weight is 295 g/mol. The molecule has 2 N–H and O–H groups in total. The van der Waals surface area contributed by atoms with Crippen LogP contribution in [-0.4, -0.2) is 40.0 Å². The SMILES string of the molecule is CC(=O)N1CCc2ccc(S(=O)(=O)NC3CNC3)cc21. The zero-order chi connectivity index (χ0) is 14.3. The van der Waals surface area contributed by atoms with E-state index in [0.29, 0.717) is 25.3 Å². The molecule has 7 heteroatoms. The first-order valence-electron chi connectivity index (χ1n) is 6.61. The molecule has 0 radical (unpaired) electrons. The van der Waals surface area contributed by atoms with Crippen molar-refractivity contribution in [1.29, 1.82) is 0 Å². The predicted octanol–water partition coefficient (Wildman–Crippen LogP) is -0.154. The molecule has 1 aromatic rings. The molecule has 20 heavy (non-hydrogen) atoms. The second kappa shape index (κ2) is 4.83. The highest BCUT2D eigenvalue weighted by atomic mass is 32.2. The molecule has 1 saturated heterocycles. The first kappa shape index (κ1) is 13.5. The topological polar surface area (TPSA) is 78.5 Å². The third-order valence-corrected chi connectivity index (χ3v) is 5.26. The van der Waals surface area contributed by atoms with E-state index in [9.17, 15) is 13.2 Å². The molecule has 2 aliphatic rings. The van der Waals surface area contributed by atoms with Gasteiger partial charge in [-0.05, 0) is 24.1 Å². The fourth-order valence-corrected chi connectivity index (χ4v) is 3.77. The van der Waals surface area contributed by atoms with Crippen LogP contribution in [0.2, 0.25) is 0 Å². The predicted molar refractivity (Wildman–Crippen MR) is 75.2 cm³/mol. The van der Waals surface area contributed by atoms with E-state index in [0.717, 1.165) is 12.0 Å². The summed E-state index contributed by atoms with van der Waals surface area (Å²) in [4.78, 5) is 13.4. The molecule has 0 unspecified atom stereocenters. The lowest BCUT2D eigenvalue weighted by Gasteiger charge is -2.27. The van der Waals surface area contributed by atoms with Crippen LogP contribution in [-0.2, 0) is 21.2 Å². The number of hydrogen-bond acceptors (Lipinski definition) is 4. The van der Waals surface area contributed by atoms with Gasteiger partial charge >= 0.3 is 0 Å². The van der Waals surface area contributed by atoms with Crippen molar-refractivity contribution in [3.8, 4) is 0 Å². The van der Waals surface area contributed by atoms with Crippen LogP contribution in [0.25, 0.3) is 0 Å². The van der Waals surface area contributed by atoms with Gasteiger partial charge in [0.25, 0.3) is 0 Å². The van der Waals surface area contributed by atoms with Crippen LogP contribution in [0, 0.1) is 0 Å². The van der Waals surface area contributed by atoms with Gasteiger partial charge in [-0.15, -0.1) is 0 Å². The first-order valence-corrected chi connectivity index (χ1v) is 8.10. The van der Waals surface area contributed by atoms with E-state index in [1.807, 2.05) is 0 Å². The number of anilines is 1. The number of benzene rings is 1. The Bertz CT molecular complexity index is 653. The number of nitrogens with one attached hydrogen (secondary N) is 2. The van der Waals surface area contributed by atoms with E-state index in [1.54, 1.807) is 23.1 Å². The van der Waals surface area contributed by atoms with E-state index in [2.05, 4.69) is 10.0 Å². The molecule has 2 aliphatic heterocycles. The number of fused-ring (bicyclic) bond motifs is 1. The standard InChI is InChI=1S/C13H17N3O3S/c1-9(17)16-5-4-10-2-3-12(6-13(10)16)20(18,19)15-11-7-14-8-11/h2-3,6,11,14-15H,4-5,7-8H2,1H3. The van der Waals surface area contributed by atoms with Crippen LogP contribution < -0.4 is 14.9 Å². The maximum absolute atomic E-state index is 12.3. The third-order valence-electron chi connectivity index (χ3n) is 3.75. The number of carbonyl (C=O) groups is 1. The molecular weight excluding hydrogens is 278 g/mol. The molecule has 3 rings (SSSR count). The highest BCUT2D eigenvalue weighted by Crippen LogP contribution is 2.30. The van der Waals surface area contributed by atoms with Crippen LogP contribution in [0.5, 0.6) is 0 Å². The van der Waals surface area contributed by atoms with Gasteiger partial charge in [0.05, 0.1) is 4.90 Å². The minimum absolute atomic E-state index is 0.0443. The summed E-state index contributed by atoms with van der Waals surface area (Å²) in [5.74, 6) is -0.0607. The monoisotopic (exact) mass is 295 g/mol. The Balaban J connectivity index is 1.91. The Labute approximate surface area is 118 Å². The summed E-state index contributed by atoms with van der Waals surface area (Å²) in [6.07, 6.45) is 0.773. The fourth-order valence-electron chi connectivity index (χ4n) is 2.51. The van der Waals surface area contributed by atoms with E-state index in [1.165, 1.54) is 6.92 Å². The second-order valence-electron chi connectivity index (χ2n) is 5.19.